The van der Waals surface area contributed by atoms with E-state index in [-0.39, 0.29) is 23.7 Å². The molecule has 1 aromatic heterocycles. The first-order valence-corrected chi connectivity index (χ1v) is 13.3. The van der Waals surface area contributed by atoms with Gasteiger partial charge in [0.05, 0.1) is 16.6 Å². The molecule has 1 aliphatic rings. The standard InChI is InChI=1S/C23H29N3O5S2/c1-15(2)21(26-33(30,31)19-9-4-3-5-10-19)20(27)13-16-12-17-14-18(32-25-17)8-6-7-11-24-23(29)22(16)28/h3-5,9-10,14-16,21,26H,6-8,11-13H2,1-2H3,(H,24,29). The predicted molar refractivity (Wildman–Crippen MR) is 125 cm³/mol. The Kier molecular flexibility index (Phi) is 8.50. The maximum atomic E-state index is 13.2. The molecule has 2 atom stereocenters. The zero-order chi connectivity index (χ0) is 24.0. The van der Waals surface area contributed by atoms with Crippen molar-refractivity contribution in [3.05, 3.63) is 47.0 Å². The molecule has 1 aromatic carbocycles. The highest BCUT2D eigenvalue weighted by Gasteiger charge is 2.34. The van der Waals surface area contributed by atoms with Gasteiger partial charge in [0.1, 0.15) is 0 Å². The van der Waals surface area contributed by atoms with Crippen molar-refractivity contribution < 1.29 is 22.8 Å². The number of ketones is 2. The third-order valence-electron chi connectivity index (χ3n) is 5.59. The van der Waals surface area contributed by atoms with Gasteiger partial charge in [-0.15, -0.1) is 0 Å². The summed E-state index contributed by atoms with van der Waals surface area (Å²) in [6, 6.07) is 8.70. The quantitative estimate of drug-likeness (QED) is 0.573. The van der Waals surface area contributed by atoms with Crippen LogP contribution in [0.15, 0.2) is 41.3 Å². The highest BCUT2D eigenvalue weighted by Crippen LogP contribution is 2.22. The molecule has 10 heteroatoms. The zero-order valence-corrected chi connectivity index (χ0v) is 20.4. The molecule has 8 nitrogen and oxygen atoms in total. The third-order valence-corrected chi connectivity index (χ3v) is 7.93. The van der Waals surface area contributed by atoms with E-state index in [4.69, 9.17) is 0 Å². The normalized spacial score (nSPS) is 18.8. The molecule has 2 bridgehead atoms. The molecule has 178 valence electrons. The van der Waals surface area contributed by atoms with Crippen LogP contribution in [0, 0.1) is 11.8 Å². The average molecular weight is 492 g/mol. The summed E-state index contributed by atoms with van der Waals surface area (Å²) in [6.45, 7) is 3.86. The second-order valence-electron chi connectivity index (χ2n) is 8.59. The fourth-order valence-electron chi connectivity index (χ4n) is 3.76. The maximum Gasteiger partial charge on any atom is 0.287 e. The van der Waals surface area contributed by atoms with Crippen molar-refractivity contribution in [2.45, 2.75) is 56.9 Å². The van der Waals surface area contributed by atoms with Gasteiger partial charge in [0.25, 0.3) is 5.91 Å². The molecule has 0 saturated heterocycles. The second-order valence-corrected chi connectivity index (χ2v) is 11.2. The van der Waals surface area contributed by atoms with Crippen molar-refractivity contribution in [1.82, 2.24) is 14.4 Å². The number of aromatic nitrogens is 1. The summed E-state index contributed by atoms with van der Waals surface area (Å²) < 4.78 is 32.5. The van der Waals surface area contributed by atoms with Gasteiger partial charge in [-0.2, -0.15) is 4.37 Å². The number of Topliss-reactive ketones (excluding diaryl/α,β-unsaturated/α-hetero) is 2. The minimum atomic E-state index is -3.93. The van der Waals surface area contributed by atoms with Gasteiger partial charge in [-0.05, 0) is 54.9 Å². The van der Waals surface area contributed by atoms with Crippen LogP contribution in [0.2, 0.25) is 0 Å². The van der Waals surface area contributed by atoms with Crippen LogP contribution in [0.25, 0.3) is 0 Å². The first kappa shape index (κ1) is 25.2. The van der Waals surface area contributed by atoms with Gasteiger partial charge in [0, 0.05) is 30.2 Å². The Morgan fingerprint density at radius 2 is 1.94 bits per heavy atom. The third kappa shape index (κ3) is 6.78. The zero-order valence-electron chi connectivity index (χ0n) is 18.7. The van der Waals surface area contributed by atoms with Crippen molar-refractivity contribution in [3.8, 4) is 0 Å². The number of benzene rings is 1. The van der Waals surface area contributed by atoms with Crippen LogP contribution in [-0.4, -0.2) is 42.9 Å². The number of nitrogens with zero attached hydrogens (tertiary/aromatic N) is 1. The van der Waals surface area contributed by atoms with Gasteiger partial charge in [-0.25, -0.2) is 13.1 Å². The average Bonchev–Trinajstić information content (AvgIpc) is 3.23. The number of sulfonamides is 1. The van der Waals surface area contributed by atoms with Crippen molar-refractivity contribution in [3.63, 3.8) is 0 Å². The summed E-state index contributed by atoms with van der Waals surface area (Å²) in [5.41, 5.74) is 0.667. The predicted octanol–water partition coefficient (Wildman–Crippen LogP) is 2.29. The fourth-order valence-corrected chi connectivity index (χ4v) is 5.93. The summed E-state index contributed by atoms with van der Waals surface area (Å²) in [5.74, 6) is -3.08. The molecule has 0 fully saturated rings. The lowest BCUT2D eigenvalue weighted by Gasteiger charge is -2.23. The van der Waals surface area contributed by atoms with E-state index in [9.17, 15) is 22.8 Å². The van der Waals surface area contributed by atoms with E-state index in [1.165, 1.54) is 23.7 Å². The van der Waals surface area contributed by atoms with Crippen molar-refractivity contribution in [1.29, 1.82) is 0 Å². The van der Waals surface area contributed by atoms with Crippen molar-refractivity contribution >= 4 is 39.0 Å². The summed E-state index contributed by atoms with van der Waals surface area (Å²) in [4.78, 5) is 39.7. The number of fused-ring (bicyclic) bond motifs is 2. The Hall–Kier alpha value is -2.43. The monoisotopic (exact) mass is 491 g/mol. The Morgan fingerprint density at radius 1 is 1.21 bits per heavy atom. The molecule has 1 aliphatic heterocycles. The number of carbonyl (C=O) groups is 3. The number of hydrogen-bond donors (Lipinski definition) is 2. The Morgan fingerprint density at radius 3 is 2.64 bits per heavy atom. The number of hydrogen-bond acceptors (Lipinski definition) is 7. The largest absolute Gasteiger partial charge is 0.349 e. The summed E-state index contributed by atoms with van der Waals surface area (Å²) in [7, 11) is -3.93. The number of carbonyl (C=O) groups excluding carboxylic acids is 3. The molecule has 0 saturated carbocycles. The molecule has 33 heavy (non-hydrogen) atoms. The number of amides is 1. The van der Waals surface area contributed by atoms with Crippen LogP contribution < -0.4 is 10.0 Å². The minimum Gasteiger partial charge on any atom is -0.349 e. The highest BCUT2D eigenvalue weighted by molar-refractivity contribution is 7.89. The maximum absolute atomic E-state index is 13.2. The second kappa shape index (κ2) is 11.1. The molecule has 1 amide bonds. The van der Waals surface area contributed by atoms with Gasteiger partial charge < -0.3 is 5.32 Å². The van der Waals surface area contributed by atoms with E-state index in [2.05, 4.69) is 14.4 Å². The Balaban J connectivity index is 1.81. The van der Waals surface area contributed by atoms with Crippen LogP contribution in [0.3, 0.4) is 0 Å². The lowest BCUT2D eigenvalue weighted by Crippen LogP contribution is -2.46. The van der Waals surface area contributed by atoms with Crippen LogP contribution in [0.1, 0.15) is 43.7 Å². The minimum absolute atomic E-state index is 0.0555. The molecular weight excluding hydrogens is 462 g/mol. The van der Waals surface area contributed by atoms with Crippen LogP contribution in [0.5, 0.6) is 0 Å². The van der Waals surface area contributed by atoms with Gasteiger partial charge >= 0.3 is 0 Å². The lowest BCUT2D eigenvalue weighted by molar-refractivity contribution is -0.141. The SMILES string of the molecule is CC(C)C(NS(=O)(=O)c1ccccc1)C(=O)CC1Cc2cc(sn2)CCCCNC(=O)C1=O. The molecule has 2 unspecified atom stereocenters. The van der Waals surface area contributed by atoms with E-state index in [0.717, 1.165) is 24.1 Å². The summed E-state index contributed by atoms with van der Waals surface area (Å²) in [6.07, 6.45) is 2.38. The Labute approximate surface area is 198 Å². The van der Waals surface area contributed by atoms with Crippen molar-refractivity contribution in [2.24, 2.45) is 11.8 Å². The van der Waals surface area contributed by atoms with Crippen LogP contribution >= 0.6 is 11.5 Å². The Bertz CT molecular complexity index is 1100. The van der Waals surface area contributed by atoms with Gasteiger partial charge in [-0.3, -0.25) is 14.4 Å². The van der Waals surface area contributed by atoms with Gasteiger partial charge in [-0.1, -0.05) is 32.0 Å². The number of rotatable bonds is 7. The first-order valence-electron chi connectivity index (χ1n) is 11.0. The molecular formula is C23H29N3O5S2. The van der Waals surface area contributed by atoms with Crippen molar-refractivity contribution in [2.75, 3.05) is 6.54 Å². The molecule has 2 N–H and O–H groups in total. The topological polar surface area (TPSA) is 122 Å². The van der Waals surface area contributed by atoms with E-state index >= 15 is 0 Å². The van der Waals surface area contributed by atoms with E-state index in [1.54, 1.807) is 32.0 Å². The summed E-state index contributed by atoms with van der Waals surface area (Å²) in [5, 5.41) is 2.64. The van der Waals surface area contributed by atoms with E-state index < -0.39 is 39.5 Å². The van der Waals surface area contributed by atoms with E-state index in [0.29, 0.717) is 12.2 Å². The molecule has 0 spiro atoms. The highest BCUT2D eigenvalue weighted by atomic mass is 32.2. The molecule has 0 radical (unpaired) electrons. The molecule has 2 aromatic rings. The first-order chi connectivity index (χ1) is 15.7. The smallest absolute Gasteiger partial charge is 0.287 e. The number of aryl methyl sites for hydroxylation is 1. The van der Waals surface area contributed by atoms with Gasteiger partial charge in [0.15, 0.2) is 5.78 Å². The molecule has 0 aliphatic carbocycles. The van der Waals surface area contributed by atoms with Crippen LogP contribution in [0.4, 0.5) is 0 Å². The lowest BCUT2D eigenvalue weighted by atomic mass is 9.87. The summed E-state index contributed by atoms with van der Waals surface area (Å²) >= 11 is 1.37. The van der Waals surface area contributed by atoms with Crippen LogP contribution in [-0.2, 0) is 37.2 Å². The fraction of sp³-hybridized carbons (Fsp3) is 0.478. The van der Waals surface area contributed by atoms with E-state index in [1.807, 2.05) is 6.07 Å². The molecule has 3 rings (SSSR count). The molecule has 2 heterocycles. The number of nitrogens with one attached hydrogen (secondary N) is 2. The van der Waals surface area contributed by atoms with Gasteiger partial charge in [0.2, 0.25) is 15.8 Å².